The van der Waals surface area contributed by atoms with E-state index in [0.717, 1.165) is 12.8 Å². The minimum atomic E-state index is -3.19. The minimum Gasteiger partial charge on any atom is -0.345 e. The van der Waals surface area contributed by atoms with Crippen LogP contribution in [0.4, 0.5) is 5.69 Å². The fourth-order valence-corrected chi connectivity index (χ4v) is 5.22. The van der Waals surface area contributed by atoms with Gasteiger partial charge in [-0.1, -0.05) is 24.3 Å². The Balaban J connectivity index is 1.48. The number of hydrogen-bond donors (Lipinski definition) is 1. The number of carbonyl (C=O) groups is 1. The number of benzene rings is 2. The number of nitrogens with zero attached hydrogens (tertiary/aromatic N) is 1. The smallest absolute Gasteiger partial charge is 0.251 e. The molecule has 0 bridgehead atoms. The van der Waals surface area contributed by atoms with E-state index in [2.05, 4.69) is 17.4 Å². The Bertz CT molecular complexity index is 907. The van der Waals surface area contributed by atoms with Crippen molar-refractivity contribution in [2.75, 3.05) is 16.6 Å². The number of rotatable bonds is 3. The first-order valence-corrected chi connectivity index (χ1v) is 10.1. The van der Waals surface area contributed by atoms with E-state index in [1.807, 2.05) is 12.1 Å². The van der Waals surface area contributed by atoms with Gasteiger partial charge in [-0.3, -0.25) is 9.10 Å². The van der Waals surface area contributed by atoms with Gasteiger partial charge in [-0.05, 0) is 54.7 Å². The minimum absolute atomic E-state index is 0.0438. The first-order valence-electron chi connectivity index (χ1n) is 8.54. The highest BCUT2D eigenvalue weighted by atomic mass is 32.2. The zero-order valence-corrected chi connectivity index (χ0v) is 14.6. The number of anilines is 1. The molecular formula is C19H20N2O3S. The number of hydrogen-bond acceptors (Lipinski definition) is 3. The maximum Gasteiger partial charge on any atom is 0.251 e. The molecule has 1 unspecified atom stereocenters. The maximum atomic E-state index is 12.5. The predicted molar refractivity (Wildman–Crippen MR) is 97.2 cm³/mol. The van der Waals surface area contributed by atoms with Crippen LogP contribution in [0.1, 0.15) is 40.4 Å². The molecule has 0 aromatic heterocycles. The number of fused-ring (bicyclic) bond motifs is 1. The van der Waals surface area contributed by atoms with Gasteiger partial charge < -0.3 is 5.32 Å². The van der Waals surface area contributed by atoms with E-state index in [-0.39, 0.29) is 17.7 Å². The van der Waals surface area contributed by atoms with Crippen LogP contribution in [0.5, 0.6) is 0 Å². The molecule has 25 heavy (non-hydrogen) atoms. The highest BCUT2D eigenvalue weighted by molar-refractivity contribution is 7.93. The average molecular weight is 356 g/mol. The van der Waals surface area contributed by atoms with Crippen molar-refractivity contribution in [1.82, 2.24) is 5.32 Å². The zero-order valence-electron chi connectivity index (χ0n) is 13.8. The van der Waals surface area contributed by atoms with E-state index in [1.165, 1.54) is 15.4 Å². The highest BCUT2D eigenvalue weighted by Gasteiger charge is 2.28. The van der Waals surface area contributed by atoms with Crippen molar-refractivity contribution >= 4 is 21.6 Å². The van der Waals surface area contributed by atoms with Crippen molar-refractivity contribution in [3.05, 3.63) is 65.2 Å². The van der Waals surface area contributed by atoms with Crippen LogP contribution in [0, 0.1) is 0 Å². The Morgan fingerprint density at radius 2 is 1.84 bits per heavy atom. The molecule has 1 heterocycles. The van der Waals surface area contributed by atoms with Crippen molar-refractivity contribution in [2.24, 2.45) is 0 Å². The topological polar surface area (TPSA) is 66.5 Å². The molecule has 2 aromatic carbocycles. The predicted octanol–water partition coefficient (Wildman–Crippen LogP) is 2.64. The molecule has 6 heteroatoms. The lowest BCUT2D eigenvalue weighted by molar-refractivity contribution is 0.0936. The van der Waals surface area contributed by atoms with Crippen LogP contribution in [0.25, 0.3) is 0 Å². The molecule has 1 aliphatic carbocycles. The van der Waals surface area contributed by atoms with Gasteiger partial charge in [-0.25, -0.2) is 8.42 Å². The summed E-state index contributed by atoms with van der Waals surface area (Å²) in [5.41, 5.74) is 3.66. The number of carbonyl (C=O) groups excluding carboxylic acids is 1. The summed E-state index contributed by atoms with van der Waals surface area (Å²) in [7, 11) is -3.19. The Morgan fingerprint density at radius 1 is 1.08 bits per heavy atom. The van der Waals surface area contributed by atoms with Crippen LogP contribution >= 0.6 is 0 Å². The van der Waals surface area contributed by atoms with Gasteiger partial charge in [0.15, 0.2) is 0 Å². The van der Waals surface area contributed by atoms with Crippen LogP contribution < -0.4 is 9.62 Å². The van der Waals surface area contributed by atoms with E-state index >= 15 is 0 Å². The quantitative estimate of drug-likeness (QED) is 0.919. The third kappa shape index (κ3) is 3.02. The summed E-state index contributed by atoms with van der Waals surface area (Å²) in [5, 5.41) is 3.09. The summed E-state index contributed by atoms with van der Waals surface area (Å²) in [6.07, 6.45) is 2.54. The van der Waals surface area contributed by atoms with Gasteiger partial charge in [0.1, 0.15) is 0 Å². The van der Waals surface area contributed by atoms with Crippen molar-refractivity contribution in [3.63, 3.8) is 0 Å². The first kappa shape index (κ1) is 16.1. The van der Waals surface area contributed by atoms with Gasteiger partial charge in [0.25, 0.3) is 5.91 Å². The lowest BCUT2D eigenvalue weighted by Gasteiger charge is -2.18. The molecule has 2 aromatic rings. The number of nitrogens with one attached hydrogen (secondary N) is 1. The summed E-state index contributed by atoms with van der Waals surface area (Å²) in [6.45, 7) is 0.507. The number of sulfonamides is 1. The Morgan fingerprint density at radius 3 is 2.56 bits per heavy atom. The van der Waals surface area contributed by atoms with Crippen LogP contribution in [0.2, 0.25) is 0 Å². The Labute approximate surface area is 147 Å². The average Bonchev–Trinajstić information content (AvgIpc) is 3.18. The third-order valence-electron chi connectivity index (χ3n) is 4.95. The van der Waals surface area contributed by atoms with E-state index in [0.29, 0.717) is 24.2 Å². The van der Waals surface area contributed by atoms with Crippen LogP contribution in [0.3, 0.4) is 0 Å². The van der Waals surface area contributed by atoms with Gasteiger partial charge >= 0.3 is 0 Å². The second kappa shape index (κ2) is 6.19. The molecule has 5 nitrogen and oxygen atoms in total. The van der Waals surface area contributed by atoms with Crippen molar-refractivity contribution in [2.45, 2.75) is 25.3 Å². The molecular weight excluding hydrogens is 336 g/mol. The van der Waals surface area contributed by atoms with E-state index < -0.39 is 10.0 Å². The Hall–Kier alpha value is -2.34. The molecule has 1 atom stereocenters. The second-order valence-electron chi connectivity index (χ2n) is 6.55. The van der Waals surface area contributed by atoms with Gasteiger partial charge in [0, 0.05) is 12.1 Å². The SMILES string of the molecule is O=C(NC1CCc2ccccc21)c1ccc(N2CCCS2(=O)=O)cc1. The van der Waals surface area contributed by atoms with E-state index in [9.17, 15) is 13.2 Å². The highest BCUT2D eigenvalue weighted by Crippen LogP contribution is 2.31. The van der Waals surface area contributed by atoms with Crippen molar-refractivity contribution in [1.29, 1.82) is 0 Å². The molecule has 1 fully saturated rings. The van der Waals surface area contributed by atoms with Crippen molar-refractivity contribution in [3.8, 4) is 0 Å². The van der Waals surface area contributed by atoms with Crippen molar-refractivity contribution < 1.29 is 13.2 Å². The lowest BCUT2D eigenvalue weighted by atomic mass is 10.1. The molecule has 0 saturated carbocycles. The number of aryl methyl sites for hydroxylation is 1. The molecule has 1 N–H and O–H groups in total. The van der Waals surface area contributed by atoms with Crippen LogP contribution in [0.15, 0.2) is 48.5 Å². The Kier molecular flexibility index (Phi) is 4.00. The van der Waals surface area contributed by atoms with Gasteiger partial charge in [0.05, 0.1) is 17.5 Å². The van der Waals surface area contributed by atoms with E-state index in [1.54, 1.807) is 24.3 Å². The second-order valence-corrected chi connectivity index (χ2v) is 8.56. The first-order chi connectivity index (χ1) is 12.0. The normalized spacial score (nSPS) is 21.1. The summed E-state index contributed by atoms with van der Waals surface area (Å²) < 4.78 is 25.4. The fraction of sp³-hybridized carbons (Fsp3) is 0.316. The zero-order chi connectivity index (χ0) is 17.4. The van der Waals surface area contributed by atoms with Gasteiger partial charge in [-0.15, -0.1) is 0 Å². The van der Waals surface area contributed by atoms with E-state index in [4.69, 9.17) is 0 Å². The molecule has 2 aliphatic rings. The van der Waals surface area contributed by atoms with Crippen LogP contribution in [-0.2, 0) is 16.4 Å². The lowest BCUT2D eigenvalue weighted by Crippen LogP contribution is -2.27. The third-order valence-corrected chi connectivity index (χ3v) is 6.82. The summed E-state index contributed by atoms with van der Waals surface area (Å²) in [5.74, 6) is 0.0635. The fourth-order valence-electron chi connectivity index (χ4n) is 3.66. The maximum absolute atomic E-state index is 12.5. The monoisotopic (exact) mass is 356 g/mol. The van der Waals surface area contributed by atoms with Gasteiger partial charge in [0.2, 0.25) is 10.0 Å². The standard InChI is InChI=1S/C19H20N2O3S/c22-19(20-18-11-8-14-4-1-2-5-17(14)18)15-6-9-16(10-7-15)21-12-3-13-25(21,23)24/h1-2,4-7,9-10,18H,3,8,11-13H2,(H,20,22). The van der Waals surface area contributed by atoms with Crippen LogP contribution in [-0.4, -0.2) is 26.6 Å². The molecule has 130 valence electrons. The molecule has 1 saturated heterocycles. The molecule has 0 radical (unpaired) electrons. The molecule has 1 amide bonds. The molecule has 0 spiro atoms. The summed E-state index contributed by atoms with van der Waals surface area (Å²) >= 11 is 0. The molecule has 1 aliphatic heterocycles. The molecule has 4 rings (SSSR count). The summed E-state index contributed by atoms with van der Waals surface area (Å²) in [4.78, 5) is 12.5. The summed E-state index contributed by atoms with van der Waals surface area (Å²) in [6, 6.07) is 15.0. The van der Waals surface area contributed by atoms with Gasteiger partial charge in [-0.2, -0.15) is 0 Å². The largest absolute Gasteiger partial charge is 0.345 e. The number of amides is 1.